The smallest absolute Gasteiger partial charge is 0.324 e. The Kier molecular flexibility index (Phi) is 6.34. The number of benzene rings is 2. The number of esters is 1. The molecule has 0 amide bonds. The van der Waals surface area contributed by atoms with E-state index in [1.807, 2.05) is 24.3 Å². The monoisotopic (exact) mass is 438 g/mol. The lowest BCUT2D eigenvalue weighted by Crippen LogP contribution is -2.45. The van der Waals surface area contributed by atoms with Crippen molar-refractivity contribution in [3.63, 3.8) is 0 Å². The molecule has 9 heteroatoms. The summed E-state index contributed by atoms with van der Waals surface area (Å²) in [7, 11) is -3.92. The SMILES string of the molecule is CC(C)[C@@H](NS(=O)(=O)c1cccc(Cl)c1)C(=O)OCc1nc2ccccc2s1. The first-order valence-corrected chi connectivity index (χ1v) is 11.2. The van der Waals surface area contributed by atoms with Crippen LogP contribution in [0.3, 0.4) is 0 Å². The molecule has 0 aliphatic rings. The van der Waals surface area contributed by atoms with Gasteiger partial charge in [-0.25, -0.2) is 13.4 Å². The standard InChI is InChI=1S/C19H19ClN2O4S2/c1-12(2)18(22-28(24,25)14-7-5-6-13(20)10-14)19(23)26-11-17-21-15-8-3-4-9-16(15)27-17/h3-10,12,18,22H,11H2,1-2H3/t18-/m1/s1. The molecule has 6 nitrogen and oxygen atoms in total. The van der Waals surface area contributed by atoms with Crippen molar-refractivity contribution in [2.45, 2.75) is 31.4 Å². The lowest BCUT2D eigenvalue weighted by atomic mass is 10.1. The van der Waals surface area contributed by atoms with Crippen molar-refractivity contribution >= 4 is 49.1 Å². The molecule has 0 spiro atoms. The number of rotatable bonds is 7. The molecule has 1 N–H and O–H groups in total. The summed E-state index contributed by atoms with van der Waals surface area (Å²) in [6.07, 6.45) is 0. The number of para-hydroxylation sites is 1. The Labute approximate surface area is 172 Å². The van der Waals surface area contributed by atoms with Gasteiger partial charge in [-0.2, -0.15) is 4.72 Å². The highest BCUT2D eigenvalue weighted by Crippen LogP contribution is 2.22. The minimum absolute atomic E-state index is 0.00961. The van der Waals surface area contributed by atoms with E-state index in [4.69, 9.17) is 16.3 Å². The number of nitrogens with one attached hydrogen (secondary N) is 1. The van der Waals surface area contributed by atoms with Crippen LogP contribution in [-0.2, 0) is 26.2 Å². The first-order chi connectivity index (χ1) is 13.3. The first kappa shape index (κ1) is 20.7. The third-order valence-electron chi connectivity index (χ3n) is 3.99. The van der Waals surface area contributed by atoms with Crippen LogP contribution in [0.15, 0.2) is 53.4 Å². The van der Waals surface area contributed by atoms with E-state index in [1.54, 1.807) is 19.9 Å². The number of halogens is 1. The fourth-order valence-electron chi connectivity index (χ4n) is 2.53. The van der Waals surface area contributed by atoms with Crippen LogP contribution in [0, 0.1) is 5.92 Å². The summed E-state index contributed by atoms with van der Waals surface area (Å²) >= 11 is 7.30. The number of carbonyl (C=O) groups excluding carboxylic acids is 1. The van der Waals surface area contributed by atoms with Crippen LogP contribution in [-0.4, -0.2) is 25.4 Å². The molecule has 0 unspecified atom stereocenters. The number of ether oxygens (including phenoxy) is 1. The van der Waals surface area contributed by atoms with Crippen LogP contribution in [0.2, 0.25) is 5.02 Å². The summed E-state index contributed by atoms with van der Waals surface area (Å²) in [5.74, 6) is -0.961. The van der Waals surface area contributed by atoms with Gasteiger partial charge >= 0.3 is 5.97 Å². The van der Waals surface area contributed by atoms with Gasteiger partial charge in [0.1, 0.15) is 17.7 Å². The Balaban J connectivity index is 1.71. The van der Waals surface area contributed by atoms with E-state index in [1.165, 1.54) is 29.5 Å². The van der Waals surface area contributed by atoms with Gasteiger partial charge in [0.25, 0.3) is 0 Å². The molecular formula is C19H19ClN2O4S2. The zero-order chi connectivity index (χ0) is 20.3. The summed E-state index contributed by atoms with van der Waals surface area (Å²) in [5.41, 5.74) is 0.834. The molecule has 1 heterocycles. The van der Waals surface area contributed by atoms with E-state index >= 15 is 0 Å². The third-order valence-corrected chi connectivity index (χ3v) is 6.67. The number of hydrogen-bond donors (Lipinski definition) is 1. The molecule has 0 radical (unpaired) electrons. The van der Waals surface area contributed by atoms with Gasteiger partial charge in [-0.05, 0) is 36.2 Å². The molecule has 0 fully saturated rings. The highest BCUT2D eigenvalue weighted by atomic mass is 35.5. The highest BCUT2D eigenvalue weighted by Gasteiger charge is 2.30. The van der Waals surface area contributed by atoms with Crippen molar-refractivity contribution in [2.24, 2.45) is 5.92 Å². The molecule has 0 saturated carbocycles. The van der Waals surface area contributed by atoms with E-state index < -0.39 is 22.0 Å². The summed E-state index contributed by atoms with van der Waals surface area (Å²) in [5, 5.41) is 0.942. The van der Waals surface area contributed by atoms with Crippen molar-refractivity contribution in [3.05, 3.63) is 58.6 Å². The maximum Gasteiger partial charge on any atom is 0.324 e. The molecule has 1 aromatic heterocycles. The largest absolute Gasteiger partial charge is 0.457 e. The second-order valence-corrected chi connectivity index (χ2v) is 9.75. The van der Waals surface area contributed by atoms with Gasteiger partial charge in [0.2, 0.25) is 10.0 Å². The number of fused-ring (bicyclic) bond motifs is 1. The Morgan fingerprint density at radius 2 is 1.96 bits per heavy atom. The fraction of sp³-hybridized carbons (Fsp3) is 0.263. The normalized spacial score (nSPS) is 13.0. The molecular weight excluding hydrogens is 420 g/mol. The lowest BCUT2D eigenvalue weighted by molar-refractivity contribution is -0.148. The van der Waals surface area contributed by atoms with Gasteiger partial charge in [0.05, 0.1) is 15.1 Å². The zero-order valence-electron chi connectivity index (χ0n) is 15.3. The Morgan fingerprint density at radius 3 is 2.64 bits per heavy atom. The highest BCUT2D eigenvalue weighted by molar-refractivity contribution is 7.89. The predicted octanol–water partition coefficient (Wildman–Crippen LogP) is 4.00. The Hall–Kier alpha value is -2.00. The number of carbonyl (C=O) groups is 1. The van der Waals surface area contributed by atoms with Gasteiger partial charge in [-0.3, -0.25) is 4.79 Å². The molecule has 0 bridgehead atoms. The Morgan fingerprint density at radius 1 is 1.21 bits per heavy atom. The molecule has 0 aliphatic heterocycles. The van der Waals surface area contributed by atoms with Crippen molar-refractivity contribution in [1.29, 1.82) is 0 Å². The summed E-state index contributed by atoms with van der Waals surface area (Å²) < 4.78 is 34.0. The first-order valence-electron chi connectivity index (χ1n) is 8.55. The van der Waals surface area contributed by atoms with E-state index in [0.717, 1.165) is 10.2 Å². The second-order valence-electron chi connectivity index (χ2n) is 6.48. The van der Waals surface area contributed by atoms with E-state index in [2.05, 4.69) is 9.71 Å². The summed E-state index contributed by atoms with van der Waals surface area (Å²) in [4.78, 5) is 16.9. The fourth-order valence-corrected chi connectivity index (χ4v) is 5.04. The minimum Gasteiger partial charge on any atom is -0.457 e. The molecule has 148 valence electrons. The van der Waals surface area contributed by atoms with Crippen molar-refractivity contribution in [1.82, 2.24) is 9.71 Å². The number of sulfonamides is 1. The lowest BCUT2D eigenvalue weighted by Gasteiger charge is -2.20. The van der Waals surface area contributed by atoms with Gasteiger partial charge in [0, 0.05) is 5.02 Å². The number of thiazole rings is 1. The molecule has 3 aromatic rings. The quantitative estimate of drug-likeness (QED) is 0.563. The van der Waals surface area contributed by atoms with E-state index in [-0.39, 0.29) is 17.4 Å². The number of nitrogens with zero attached hydrogens (tertiary/aromatic N) is 1. The van der Waals surface area contributed by atoms with Gasteiger partial charge < -0.3 is 4.74 Å². The molecule has 0 aliphatic carbocycles. The number of hydrogen-bond acceptors (Lipinski definition) is 6. The van der Waals surface area contributed by atoms with Crippen LogP contribution >= 0.6 is 22.9 Å². The summed E-state index contributed by atoms with van der Waals surface area (Å²) in [6, 6.07) is 12.4. The summed E-state index contributed by atoms with van der Waals surface area (Å²) in [6.45, 7) is 3.47. The Bertz CT molecular complexity index is 1060. The molecule has 3 rings (SSSR count). The van der Waals surface area contributed by atoms with E-state index in [9.17, 15) is 13.2 Å². The zero-order valence-corrected chi connectivity index (χ0v) is 17.6. The topological polar surface area (TPSA) is 85.4 Å². The average molecular weight is 439 g/mol. The van der Waals surface area contributed by atoms with Gasteiger partial charge in [-0.1, -0.05) is 43.6 Å². The van der Waals surface area contributed by atoms with Crippen LogP contribution < -0.4 is 4.72 Å². The second kappa shape index (κ2) is 8.57. The minimum atomic E-state index is -3.92. The molecule has 0 saturated heterocycles. The van der Waals surface area contributed by atoms with Crippen LogP contribution in [0.1, 0.15) is 18.9 Å². The van der Waals surface area contributed by atoms with Gasteiger partial charge in [0.15, 0.2) is 0 Å². The average Bonchev–Trinajstić information content (AvgIpc) is 3.07. The molecule has 1 atom stereocenters. The maximum atomic E-state index is 12.6. The number of aromatic nitrogens is 1. The van der Waals surface area contributed by atoms with Crippen molar-refractivity contribution in [3.8, 4) is 0 Å². The predicted molar refractivity (Wildman–Crippen MR) is 110 cm³/mol. The molecule has 28 heavy (non-hydrogen) atoms. The molecule has 2 aromatic carbocycles. The van der Waals surface area contributed by atoms with Crippen molar-refractivity contribution < 1.29 is 17.9 Å². The van der Waals surface area contributed by atoms with Crippen LogP contribution in [0.5, 0.6) is 0 Å². The van der Waals surface area contributed by atoms with Gasteiger partial charge in [-0.15, -0.1) is 11.3 Å². The third kappa shape index (κ3) is 4.88. The maximum absolute atomic E-state index is 12.6. The van der Waals surface area contributed by atoms with Crippen molar-refractivity contribution in [2.75, 3.05) is 0 Å². The van der Waals surface area contributed by atoms with E-state index in [0.29, 0.717) is 10.0 Å². The van der Waals surface area contributed by atoms with Crippen LogP contribution in [0.25, 0.3) is 10.2 Å². The van der Waals surface area contributed by atoms with Crippen LogP contribution in [0.4, 0.5) is 0 Å².